The molecule has 0 radical (unpaired) electrons. The first kappa shape index (κ1) is 7.85. The molecule has 0 aliphatic carbocycles. The molecule has 0 aliphatic heterocycles. The second-order valence-corrected chi connectivity index (χ2v) is 1.47. The van der Waals surface area contributed by atoms with Crippen molar-refractivity contribution in [2.75, 3.05) is 27.5 Å². The van der Waals surface area contributed by atoms with Crippen LogP contribution in [-0.2, 0) is 9.47 Å². The quantitative estimate of drug-likeness (QED) is 0.544. The first-order valence-corrected chi connectivity index (χ1v) is 2.42. The molecule has 0 fully saturated rings. The number of halogens is 1. The Labute approximate surface area is 48.6 Å². The summed E-state index contributed by atoms with van der Waals surface area (Å²) in [5.74, 6) is 0. The van der Waals surface area contributed by atoms with E-state index in [0.29, 0.717) is 6.61 Å². The van der Waals surface area contributed by atoms with Gasteiger partial charge in [-0.2, -0.15) is 0 Å². The minimum Gasteiger partial charge on any atom is -0.382 e. The van der Waals surface area contributed by atoms with Crippen molar-refractivity contribution in [3.63, 3.8) is 0 Å². The average molecular weight is 122 g/mol. The number of methoxy groups -OCH3 is 2. The van der Waals surface area contributed by atoms with Crippen LogP contribution in [0.4, 0.5) is 4.39 Å². The molecule has 0 saturated heterocycles. The molecule has 0 N–H and O–H groups in total. The molecule has 0 bridgehead atoms. The fraction of sp³-hybridized carbons (Fsp3) is 1.00. The second kappa shape index (κ2) is 5.00. The third-order valence-electron chi connectivity index (χ3n) is 0.858. The van der Waals surface area contributed by atoms with E-state index in [2.05, 4.69) is 9.47 Å². The summed E-state index contributed by atoms with van der Waals surface area (Å²) in [6.07, 6.45) is -0.389. The minimum atomic E-state index is -0.482. The molecule has 50 valence electrons. The van der Waals surface area contributed by atoms with Gasteiger partial charge in [0.25, 0.3) is 0 Å². The minimum absolute atomic E-state index is 0.326. The molecule has 0 spiro atoms. The summed E-state index contributed by atoms with van der Waals surface area (Å²) in [5.41, 5.74) is 0. The van der Waals surface area contributed by atoms with E-state index in [1.54, 1.807) is 0 Å². The van der Waals surface area contributed by atoms with E-state index in [1.807, 2.05) is 0 Å². The van der Waals surface area contributed by atoms with Gasteiger partial charge in [-0.25, -0.2) is 4.39 Å². The molecule has 0 aromatic rings. The van der Waals surface area contributed by atoms with E-state index in [0.717, 1.165) is 0 Å². The maximum atomic E-state index is 11.6. The molecule has 0 rings (SSSR count). The molecule has 0 aliphatic rings. The normalized spacial score (nSPS) is 13.9. The Morgan fingerprint density at radius 2 is 2.12 bits per heavy atom. The van der Waals surface area contributed by atoms with Crippen molar-refractivity contribution in [3.8, 4) is 0 Å². The lowest BCUT2D eigenvalue weighted by atomic mass is 10.4. The van der Waals surface area contributed by atoms with Crippen LogP contribution >= 0.6 is 0 Å². The van der Waals surface area contributed by atoms with Gasteiger partial charge in [0.1, 0.15) is 12.8 Å². The Morgan fingerprint density at radius 3 is 2.25 bits per heavy atom. The van der Waals surface area contributed by atoms with Gasteiger partial charge in [0.05, 0.1) is 6.61 Å². The number of rotatable bonds is 4. The Hall–Kier alpha value is -0.150. The summed E-state index contributed by atoms with van der Waals surface area (Å²) in [7, 11) is 2.98. The van der Waals surface area contributed by atoms with Crippen molar-refractivity contribution in [2.45, 2.75) is 6.10 Å². The standard InChI is InChI=1S/C5H11FO2/c1-7-4-5(3-6)8-2/h5H,3-4H2,1-2H3. The van der Waals surface area contributed by atoms with Crippen LogP contribution in [0.25, 0.3) is 0 Å². The molecular weight excluding hydrogens is 111 g/mol. The lowest BCUT2D eigenvalue weighted by Gasteiger charge is -2.07. The lowest BCUT2D eigenvalue weighted by Crippen LogP contribution is -2.18. The molecule has 3 heteroatoms. The molecule has 0 amide bonds. The lowest BCUT2D eigenvalue weighted by molar-refractivity contribution is 0.0141. The third-order valence-corrected chi connectivity index (χ3v) is 0.858. The van der Waals surface area contributed by atoms with E-state index >= 15 is 0 Å². The molecule has 0 aromatic carbocycles. The highest BCUT2D eigenvalue weighted by Gasteiger charge is 2.03. The van der Waals surface area contributed by atoms with E-state index in [4.69, 9.17) is 0 Å². The number of alkyl halides is 1. The summed E-state index contributed by atoms with van der Waals surface area (Å²) in [4.78, 5) is 0. The van der Waals surface area contributed by atoms with Gasteiger partial charge >= 0.3 is 0 Å². The van der Waals surface area contributed by atoms with E-state index in [9.17, 15) is 4.39 Å². The maximum Gasteiger partial charge on any atom is 0.118 e. The van der Waals surface area contributed by atoms with Crippen LogP contribution in [0.1, 0.15) is 0 Å². The summed E-state index contributed by atoms with van der Waals surface area (Å²) in [5, 5.41) is 0. The topological polar surface area (TPSA) is 18.5 Å². The summed E-state index contributed by atoms with van der Waals surface area (Å²) in [6.45, 7) is -0.155. The molecule has 8 heavy (non-hydrogen) atoms. The average Bonchev–Trinajstić information content (AvgIpc) is 1.83. The van der Waals surface area contributed by atoms with Crippen molar-refractivity contribution in [3.05, 3.63) is 0 Å². The second-order valence-electron chi connectivity index (χ2n) is 1.47. The highest BCUT2D eigenvalue weighted by atomic mass is 19.1. The molecule has 0 aromatic heterocycles. The molecule has 1 unspecified atom stereocenters. The molecule has 0 heterocycles. The highest BCUT2D eigenvalue weighted by Crippen LogP contribution is 1.89. The first-order chi connectivity index (χ1) is 3.85. The summed E-state index contributed by atoms with van der Waals surface area (Å²) in [6, 6.07) is 0. The monoisotopic (exact) mass is 122 g/mol. The van der Waals surface area contributed by atoms with Crippen LogP contribution in [0.5, 0.6) is 0 Å². The van der Waals surface area contributed by atoms with Crippen molar-refractivity contribution in [1.82, 2.24) is 0 Å². The van der Waals surface area contributed by atoms with Gasteiger partial charge in [-0.1, -0.05) is 0 Å². The first-order valence-electron chi connectivity index (χ1n) is 2.42. The van der Waals surface area contributed by atoms with Crippen LogP contribution in [-0.4, -0.2) is 33.6 Å². The summed E-state index contributed by atoms with van der Waals surface area (Å²) >= 11 is 0. The van der Waals surface area contributed by atoms with Crippen LogP contribution < -0.4 is 0 Å². The van der Waals surface area contributed by atoms with E-state index < -0.39 is 6.67 Å². The predicted molar refractivity (Wildman–Crippen MR) is 28.6 cm³/mol. The van der Waals surface area contributed by atoms with E-state index in [-0.39, 0.29) is 6.10 Å². The van der Waals surface area contributed by atoms with Crippen molar-refractivity contribution in [1.29, 1.82) is 0 Å². The van der Waals surface area contributed by atoms with Gasteiger partial charge in [0.2, 0.25) is 0 Å². The van der Waals surface area contributed by atoms with Crippen LogP contribution in [0.3, 0.4) is 0 Å². The Kier molecular flexibility index (Phi) is 4.90. The van der Waals surface area contributed by atoms with E-state index in [1.165, 1.54) is 14.2 Å². The smallest absolute Gasteiger partial charge is 0.118 e. The zero-order chi connectivity index (χ0) is 6.41. The SMILES string of the molecule is COCC(CF)OC. The largest absolute Gasteiger partial charge is 0.382 e. The highest BCUT2D eigenvalue weighted by molar-refractivity contribution is 4.50. The summed E-state index contributed by atoms with van der Waals surface area (Å²) < 4.78 is 20.9. The van der Waals surface area contributed by atoms with Crippen molar-refractivity contribution >= 4 is 0 Å². The fourth-order valence-electron chi connectivity index (χ4n) is 0.361. The van der Waals surface area contributed by atoms with Gasteiger partial charge in [0, 0.05) is 14.2 Å². The van der Waals surface area contributed by atoms with Gasteiger partial charge in [-0.15, -0.1) is 0 Å². The third kappa shape index (κ3) is 2.93. The Morgan fingerprint density at radius 1 is 1.50 bits per heavy atom. The fourth-order valence-corrected chi connectivity index (χ4v) is 0.361. The van der Waals surface area contributed by atoms with Crippen LogP contribution in [0, 0.1) is 0 Å². The zero-order valence-corrected chi connectivity index (χ0v) is 5.19. The van der Waals surface area contributed by atoms with Crippen LogP contribution in [0.2, 0.25) is 0 Å². The van der Waals surface area contributed by atoms with Crippen molar-refractivity contribution < 1.29 is 13.9 Å². The van der Waals surface area contributed by atoms with Crippen molar-refractivity contribution in [2.24, 2.45) is 0 Å². The molecule has 1 atom stereocenters. The number of hydrogen-bond acceptors (Lipinski definition) is 2. The Bertz CT molecular complexity index is 45.7. The molecule has 2 nitrogen and oxygen atoms in total. The molecule has 0 saturated carbocycles. The Balaban J connectivity index is 3.07. The maximum absolute atomic E-state index is 11.6. The van der Waals surface area contributed by atoms with Gasteiger partial charge in [0.15, 0.2) is 0 Å². The van der Waals surface area contributed by atoms with Gasteiger partial charge < -0.3 is 9.47 Å². The predicted octanol–water partition coefficient (Wildman–Crippen LogP) is 0.617. The number of ether oxygens (including phenoxy) is 2. The number of hydrogen-bond donors (Lipinski definition) is 0. The van der Waals surface area contributed by atoms with Gasteiger partial charge in [-0.05, 0) is 0 Å². The van der Waals surface area contributed by atoms with Gasteiger partial charge in [-0.3, -0.25) is 0 Å². The molecular formula is C5H11FO2. The van der Waals surface area contributed by atoms with Crippen LogP contribution in [0.15, 0.2) is 0 Å². The zero-order valence-electron chi connectivity index (χ0n) is 5.19.